The summed E-state index contributed by atoms with van der Waals surface area (Å²) in [7, 11) is 0. The van der Waals surface area contributed by atoms with Crippen molar-refractivity contribution in [3.63, 3.8) is 0 Å². The maximum atomic E-state index is 11.1. The summed E-state index contributed by atoms with van der Waals surface area (Å²) in [6, 6.07) is 9.41. The van der Waals surface area contributed by atoms with Crippen LogP contribution >= 0.6 is 0 Å². The van der Waals surface area contributed by atoms with Crippen molar-refractivity contribution in [1.82, 2.24) is 0 Å². The smallest absolute Gasteiger partial charge is 0.366 e. The third-order valence-electron chi connectivity index (χ3n) is 2.20. The Balaban J connectivity index is 2.61. The zero-order chi connectivity index (χ0) is 13.6. The number of ether oxygens (including phenoxy) is 1. The molecule has 0 aliphatic carbocycles. The first-order valence-electron chi connectivity index (χ1n) is 5.24. The molecule has 0 radical (unpaired) electrons. The van der Waals surface area contributed by atoms with Crippen LogP contribution in [0.2, 0.25) is 0 Å². The third kappa shape index (κ3) is 3.65. The van der Waals surface area contributed by atoms with E-state index in [-0.39, 0.29) is 5.76 Å². The Bertz CT molecular complexity index is 468. The van der Waals surface area contributed by atoms with Crippen molar-refractivity contribution >= 4 is 5.97 Å². The fraction of sp³-hybridized carbons (Fsp3) is 0.214. The minimum absolute atomic E-state index is 0.308. The molecular weight excluding hydrogens is 232 g/mol. The number of benzene rings is 1. The van der Waals surface area contributed by atoms with Gasteiger partial charge in [0.05, 0.1) is 0 Å². The molecule has 0 fully saturated rings. The van der Waals surface area contributed by atoms with Gasteiger partial charge in [0.2, 0.25) is 5.76 Å². The topological polar surface area (TPSA) is 44.8 Å². The van der Waals surface area contributed by atoms with Crippen LogP contribution in [-0.4, -0.2) is 5.97 Å². The zero-order valence-electron chi connectivity index (χ0n) is 10.3. The lowest BCUT2D eigenvalue weighted by Gasteiger charge is -2.23. The predicted octanol–water partition coefficient (Wildman–Crippen LogP) is 2.52. The van der Waals surface area contributed by atoms with Gasteiger partial charge < -0.3 is 9.62 Å². The first kappa shape index (κ1) is 13.8. The second-order valence-electron chi connectivity index (χ2n) is 3.97. The summed E-state index contributed by atoms with van der Waals surface area (Å²) in [5, 5.41) is 0. The average molecular weight is 246 g/mol. The largest absolute Gasteiger partial charge is 0.391 e. The van der Waals surface area contributed by atoms with E-state index >= 15 is 0 Å². The number of rotatable bonds is 5. The molecule has 0 aromatic heterocycles. The fourth-order valence-electron chi connectivity index (χ4n) is 1.19. The van der Waals surface area contributed by atoms with Crippen LogP contribution < -0.4 is 0 Å². The standard InChI is InChI=1S/C14H14O4/c1-5-16-13(15)11(2)17-18-14(3,4)12-9-7-6-8-10-12/h1,6-10H,2H2,3-4H3. The lowest BCUT2D eigenvalue weighted by molar-refractivity contribution is -0.330. The Morgan fingerprint density at radius 3 is 2.50 bits per heavy atom. The van der Waals surface area contributed by atoms with Crippen LogP contribution in [0.5, 0.6) is 0 Å². The van der Waals surface area contributed by atoms with Crippen LogP contribution in [0.4, 0.5) is 0 Å². The van der Waals surface area contributed by atoms with Gasteiger partial charge in [0.25, 0.3) is 0 Å². The number of carbonyl (C=O) groups excluding carboxylic acids is 1. The number of hydrogen-bond acceptors (Lipinski definition) is 4. The molecule has 0 unspecified atom stereocenters. The lowest BCUT2D eigenvalue weighted by Crippen LogP contribution is -2.23. The molecule has 0 N–H and O–H groups in total. The van der Waals surface area contributed by atoms with E-state index in [1.807, 2.05) is 30.3 Å². The molecule has 94 valence electrons. The monoisotopic (exact) mass is 246 g/mol. The van der Waals surface area contributed by atoms with E-state index < -0.39 is 11.6 Å². The zero-order valence-corrected chi connectivity index (χ0v) is 10.3. The van der Waals surface area contributed by atoms with Crippen LogP contribution in [-0.2, 0) is 24.9 Å². The molecule has 0 amide bonds. The molecule has 4 nitrogen and oxygen atoms in total. The summed E-state index contributed by atoms with van der Waals surface area (Å²) in [6.07, 6.45) is 6.54. The van der Waals surface area contributed by atoms with Crippen molar-refractivity contribution in [3.05, 3.63) is 48.2 Å². The summed E-state index contributed by atoms with van der Waals surface area (Å²) in [4.78, 5) is 21.1. The molecule has 0 aliphatic heterocycles. The summed E-state index contributed by atoms with van der Waals surface area (Å²) < 4.78 is 4.26. The van der Waals surface area contributed by atoms with Gasteiger partial charge in [0, 0.05) is 0 Å². The number of hydrogen-bond donors (Lipinski definition) is 0. The Hall–Kier alpha value is -2.25. The van der Waals surface area contributed by atoms with Gasteiger partial charge in [-0.2, -0.15) is 4.89 Å². The maximum absolute atomic E-state index is 11.1. The number of esters is 1. The van der Waals surface area contributed by atoms with Gasteiger partial charge in [-0.1, -0.05) is 36.8 Å². The summed E-state index contributed by atoms with van der Waals surface area (Å²) >= 11 is 0. The SMILES string of the molecule is C#COC(=O)C(=C)OOC(C)(C)c1ccccc1. The highest BCUT2D eigenvalue weighted by molar-refractivity contribution is 5.86. The third-order valence-corrected chi connectivity index (χ3v) is 2.20. The summed E-state index contributed by atoms with van der Waals surface area (Å²) in [5.74, 6) is -1.17. The molecule has 18 heavy (non-hydrogen) atoms. The first-order chi connectivity index (χ1) is 8.47. The van der Waals surface area contributed by atoms with Crippen LogP contribution in [0, 0.1) is 12.5 Å². The second kappa shape index (κ2) is 5.89. The molecule has 0 aliphatic rings. The first-order valence-corrected chi connectivity index (χ1v) is 5.24. The van der Waals surface area contributed by atoms with Crippen molar-refractivity contribution in [2.75, 3.05) is 0 Å². The van der Waals surface area contributed by atoms with Gasteiger partial charge >= 0.3 is 5.97 Å². The Morgan fingerprint density at radius 1 is 1.33 bits per heavy atom. The summed E-state index contributed by atoms with van der Waals surface area (Å²) in [5.41, 5.74) is 0.156. The van der Waals surface area contributed by atoms with Crippen molar-refractivity contribution in [1.29, 1.82) is 0 Å². The van der Waals surface area contributed by atoms with Crippen LogP contribution in [0.3, 0.4) is 0 Å². The molecule has 1 rings (SSSR count). The Kier molecular flexibility index (Phi) is 4.52. The van der Waals surface area contributed by atoms with E-state index in [0.29, 0.717) is 0 Å². The minimum Gasteiger partial charge on any atom is -0.366 e. The van der Waals surface area contributed by atoms with Gasteiger partial charge in [0.1, 0.15) is 11.7 Å². The van der Waals surface area contributed by atoms with Crippen molar-refractivity contribution in [2.24, 2.45) is 0 Å². The van der Waals surface area contributed by atoms with Crippen LogP contribution in [0.15, 0.2) is 42.7 Å². The lowest BCUT2D eigenvalue weighted by atomic mass is 9.99. The van der Waals surface area contributed by atoms with Gasteiger partial charge in [-0.15, -0.1) is 0 Å². The van der Waals surface area contributed by atoms with Crippen LogP contribution in [0.1, 0.15) is 19.4 Å². The highest BCUT2D eigenvalue weighted by Gasteiger charge is 2.25. The molecular formula is C14H14O4. The van der Waals surface area contributed by atoms with Crippen molar-refractivity contribution in [2.45, 2.75) is 19.4 Å². The van der Waals surface area contributed by atoms with E-state index in [4.69, 9.17) is 16.2 Å². The summed E-state index contributed by atoms with van der Waals surface area (Å²) in [6.45, 7) is 6.94. The number of terminal acetylenes is 1. The molecule has 1 aromatic rings. The fourth-order valence-corrected chi connectivity index (χ4v) is 1.19. The quantitative estimate of drug-likeness (QED) is 0.200. The van der Waals surface area contributed by atoms with Crippen molar-refractivity contribution in [3.8, 4) is 12.5 Å². The van der Waals surface area contributed by atoms with E-state index in [0.717, 1.165) is 5.56 Å². The molecule has 0 atom stereocenters. The highest BCUT2D eigenvalue weighted by Crippen LogP contribution is 2.25. The Labute approximate surface area is 106 Å². The van der Waals surface area contributed by atoms with Gasteiger partial charge in [-0.05, 0) is 26.0 Å². The van der Waals surface area contributed by atoms with E-state index in [2.05, 4.69) is 11.3 Å². The van der Waals surface area contributed by atoms with E-state index in [9.17, 15) is 4.79 Å². The molecule has 1 aromatic carbocycles. The van der Waals surface area contributed by atoms with Crippen molar-refractivity contribution < 1.29 is 19.3 Å². The maximum Gasteiger partial charge on any atom is 0.391 e. The Morgan fingerprint density at radius 2 is 1.94 bits per heavy atom. The highest BCUT2D eigenvalue weighted by atomic mass is 17.2. The van der Waals surface area contributed by atoms with Gasteiger partial charge in [-0.25, -0.2) is 4.79 Å². The van der Waals surface area contributed by atoms with Gasteiger partial charge in [-0.3, -0.25) is 0 Å². The molecule has 0 bridgehead atoms. The second-order valence-corrected chi connectivity index (χ2v) is 3.97. The van der Waals surface area contributed by atoms with E-state index in [1.54, 1.807) is 20.0 Å². The normalized spacial score (nSPS) is 10.3. The predicted molar refractivity (Wildman–Crippen MR) is 65.7 cm³/mol. The van der Waals surface area contributed by atoms with Gasteiger partial charge in [0.15, 0.2) is 0 Å². The minimum atomic E-state index is -0.860. The molecule has 0 heterocycles. The molecule has 4 heteroatoms. The molecule has 0 saturated carbocycles. The molecule has 0 spiro atoms. The average Bonchev–Trinajstić information content (AvgIpc) is 2.37. The number of carbonyl (C=O) groups is 1. The van der Waals surface area contributed by atoms with E-state index in [1.165, 1.54) is 0 Å². The van der Waals surface area contributed by atoms with Crippen LogP contribution in [0.25, 0.3) is 0 Å². The molecule has 0 saturated heterocycles.